The molecule has 0 saturated carbocycles. The van der Waals surface area contributed by atoms with Crippen molar-refractivity contribution in [2.75, 3.05) is 0 Å². The molecular formula is C35H30O4. The van der Waals surface area contributed by atoms with Crippen LogP contribution in [0.5, 0.6) is 11.5 Å². The number of rotatable bonds is 6. The van der Waals surface area contributed by atoms with Gasteiger partial charge in [-0.15, -0.1) is 0 Å². The van der Waals surface area contributed by atoms with Gasteiger partial charge in [0.05, 0.1) is 5.41 Å². The summed E-state index contributed by atoms with van der Waals surface area (Å²) in [5, 5.41) is 0. The van der Waals surface area contributed by atoms with Crippen LogP contribution in [0.3, 0.4) is 0 Å². The van der Waals surface area contributed by atoms with Crippen molar-refractivity contribution in [2.24, 2.45) is 0 Å². The summed E-state index contributed by atoms with van der Waals surface area (Å²) < 4.78 is 11.4. The smallest absolute Gasteiger partial charge is 0.338 e. The van der Waals surface area contributed by atoms with Crippen LogP contribution in [0, 0.1) is 13.8 Å². The van der Waals surface area contributed by atoms with E-state index in [1.807, 2.05) is 48.5 Å². The molecule has 0 saturated heterocycles. The number of hydrogen-bond donors (Lipinski definition) is 0. The van der Waals surface area contributed by atoms with Gasteiger partial charge in [-0.2, -0.15) is 0 Å². The van der Waals surface area contributed by atoms with Crippen LogP contribution in [-0.4, -0.2) is 11.9 Å². The van der Waals surface area contributed by atoms with Crippen LogP contribution in [0.15, 0.2) is 109 Å². The summed E-state index contributed by atoms with van der Waals surface area (Å²) >= 11 is 0. The van der Waals surface area contributed by atoms with Gasteiger partial charge in [0.1, 0.15) is 11.5 Å². The van der Waals surface area contributed by atoms with Crippen molar-refractivity contribution < 1.29 is 19.1 Å². The zero-order valence-corrected chi connectivity index (χ0v) is 22.6. The van der Waals surface area contributed by atoms with E-state index in [0.29, 0.717) is 22.6 Å². The summed E-state index contributed by atoms with van der Waals surface area (Å²) in [4.78, 5) is 24.9. The molecule has 0 unspecified atom stereocenters. The maximum absolute atomic E-state index is 12.5. The lowest BCUT2D eigenvalue weighted by atomic mass is 9.65. The van der Waals surface area contributed by atoms with Crippen LogP contribution in [0.1, 0.15) is 47.2 Å². The third kappa shape index (κ3) is 4.28. The third-order valence-corrected chi connectivity index (χ3v) is 7.30. The van der Waals surface area contributed by atoms with Crippen molar-refractivity contribution in [3.63, 3.8) is 0 Å². The molecule has 0 radical (unpaired) electrons. The fourth-order valence-corrected chi connectivity index (χ4v) is 5.49. The van der Waals surface area contributed by atoms with E-state index in [0.717, 1.165) is 44.5 Å². The molecule has 0 amide bonds. The van der Waals surface area contributed by atoms with Gasteiger partial charge in [0.25, 0.3) is 0 Å². The van der Waals surface area contributed by atoms with Gasteiger partial charge in [0, 0.05) is 11.1 Å². The summed E-state index contributed by atoms with van der Waals surface area (Å²) in [6.07, 6.45) is 0. The molecule has 1 aliphatic carbocycles. The van der Waals surface area contributed by atoms with Crippen molar-refractivity contribution in [3.8, 4) is 22.6 Å². The highest BCUT2D eigenvalue weighted by Gasteiger charge is 2.47. The SMILES string of the molecule is C=C(C)C(=O)Oc1ccc(C)c(C2(c3cc(OC(=O)C(=C)C)ccc3C)c3ccccc3-c3ccccc32)c1. The monoisotopic (exact) mass is 514 g/mol. The van der Waals surface area contributed by atoms with Gasteiger partial charge >= 0.3 is 11.9 Å². The van der Waals surface area contributed by atoms with E-state index in [1.54, 1.807) is 26.0 Å². The number of hydrogen-bond acceptors (Lipinski definition) is 4. The first-order chi connectivity index (χ1) is 18.6. The molecule has 5 rings (SSSR count). The maximum atomic E-state index is 12.5. The third-order valence-electron chi connectivity index (χ3n) is 7.30. The first kappa shape index (κ1) is 25.9. The van der Waals surface area contributed by atoms with Crippen molar-refractivity contribution in [1.29, 1.82) is 0 Å². The minimum Gasteiger partial charge on any atom is -0.423 e. The zero-order chi connectivity index (χ0) is 27.9. The lowest BCUT2D eigenvalue weighted by Crippen LogP contribution is -2.31. The molecule has 194 valence electrons. The molecule has 1 aliphatic rings. The number of ether oxygens (including phenoxy) is 2. The second-order valence-electron chi connectivity index (χ2n) is 10.1. The molecule has 0 heterocycles. The second kappa shape index (κ2) is 9.88. The molecule has 0 aliphatic heterocycles. The lowest BCUT2D eigenvalue weighted by molar-refractivity contribution is -0.130. The van der Waals surface area contributed by atoms with E-state index >= 15 is 0 Å². The fourth-order valence-electron chi connectivity index (χ4n) is 5.49. The molecule has 4 nitrogen and oxygen atoms in total. The highest BCUT2D eigenvalue weighted by atomic mass is 16.5. The van der Waals surface area contributed by atoms with Crippen LogP contribution in [0.4, 0.5) is 0 Å². The first-order valence-corrected chi connectivity index (χ1v) is 12.8. The van der Waals surface area contributed by atoms with Crippen LogP contribution in [0.25, 0.3) is 11.1 Å². The van der Waals surface area contributed by atoms with E-state index in [-0.39, 0.29) is 0 Å². The van der Waals surface area contributed by atoms with Gasteiger partial charge in [-0.25, -0.2) is 9.59 Å². The Kier molecular flexibility index (Phi) is 6.57. The highest BCUT2D eigenvalue weighted by molar-refractivity contribution is 5.90. The zero-order valence-electron chi connectivity index (χ0n) is 22.6. The van der Waals surface area contributed by atoms with E-state index < -0.39 is 17.4 Å². The molecule has 4 aromatic carbocycles. The molecule has 0 spiro atoms. The minimum atomic E-state index is -0.765. The Balaban J connectivity index is 1.87. The molecule has 0 N–H and O–H groups in total. The molecule has 4 aromatic rings. The Hall–Kier alpha value is -4.70. The van der Waals surface area contributed by atoms with Crippen LogP contribution >= 0.6 is 0 Å². The minimum absolute atomic E-state index is 0.325. The number of carbonyl (C=O) groups is 2. The Bertz CT molecular complexity index is 1550. The Morgan fingerprint density at radius 1 is 0.590 bits per heavy atom. The van der Waals surface area contributed by atoms with Gasteiger partial charge in [-0.1, -0.05) is 73.8 Å². The van der Waals surface area contributed by atoms with Gasteiger partial charge in [-0.3, -0.25) is 0 Å². The summed E-state index contributed by atoms with van der Waals surface area (Å²) in [6.45, 7) is 14.8. The first-order valence-electron chi connectivity index (χ1n) is 12.8. The Morgan fingerprint density at radius 2 is 0.974 bits per heavy atom. The highest BCUT2D eigenvalue weighted by Crippen LogP contribution is 2.58. The number of aryl methyl sites for hydroxylation is 2. The van der Waals surface area contributed by atoms with Crippen molar-refractivity contribution >= 4 is 11.9 Å². The standard InChI is InChI=1S/C35H30O4/c1-21(2)33(36)38-25-17-15-23(5)31(19-25)35(32-20-26(18-16-24(32)6)39-34(37)22(3)4)29-13-9-7-11-27(29)28-12-8-10-14-30(28)35/h7-20H,1,3H2,2,4-6H3. The van der Waals surface area contributed by atoms with E-state index in [2.05, 4.69) is 51.3 Å². The molecule has 0 aromatic heterocycles. The number of fused-ring (bicyclic) bond motifs is 3. The second-order valence-corrected chi connectivity index (χ2v) is 10.1. The topological polar surface area (TPSA) is 52.6 Å². The summed E-state index contributed by atoms with van der Waals surface area (Å²) in [5.74, 6) is -0.0772. The average Bonchev–Trinajstić information content (AvgIpc) is 3.21. The number of benzene rings is 4. The van der Waals surface area contributed by atoms with Crippen molar-refractivity contribution in [2.45, 2.75) is 33.1 Å². The lowest BCUT2D eigenvalue weighted by Gasteiger charge is -2.36. The van der Waals surface area contributed by atoms with Crippen molar-refractivity contribution in [3.05, 3.63) is 143 Å². The quantitative estimate of drug-likeness (QED) is 0.133. The molecular weight excluding hydrogens is 484 g/mol. The molecule has 0 fully saturated rings. The number of esters is 2. The normalized spacial score (nSPS) is 12.7. The van der Waals surface area contributed by atoms with Crippen LogP contribution in [-0.2, 0) is 15.0 Å². The van der Waals surface area contributed by atoms with E-state index in [4.69, 9.17) is 9.47 Å². The van der Waals surface area contributed by atoms with Crippen LogP contribution < -0.4 is 9.47 Å². The predicted octanol–water partition coefficient (Wildman–Crippen LogP) is 7.63. The van der Waals surface area contributed by atoms with Gasteiger partial charge in [-0.05, 0) is 96.5 Å². The fraction of sp³-hybridized carbons (Fsp3) is 0.143. The largest absolute Gasteiger partial charge is 0.423 e. The summed E-state index contributed by atoms with van der Waals surface area (Å²) in [7, 11) is 0. The maximum Gasteiger partial charge on any atom is 0.338 e. The van der Waals surface area contributed by atoms with Crippen molar-refractivity contribution in [1.82, 2.24) is 0 Å². The summed E-state index contributed by atoms with van der Waals surface area (Å²) in [6, 6.07) is 28.2. The van der Waals surface area contributed by atoms with Gasteiger partial charge in [0.2, 0.25) is 0 Å². The van der Waals surface area contributed by atoms with Gasteiger partial charge in [0.15, 0.2) is 0 Å². The molecule has 39 heavy (non-hydrogen) atoms. The molecule has 4 heteroatoms. The Labute approximate surface area is 229 Å². The summed E-state index contributed by atoms with van der Waals surface area (Å²) in [5.41, 5.74) is 8.34. The van der Waals surface area contributed by atoms with E-state index in [9.17, 15) is 9.59 Å². The Morgan fingerprint density at radius 3 is 1.36 bits per heavy atom. The average molecular weight is 515 g/mol. The van der Waals surface area contributed by atoms with Crippen LogP contribution in [0.2, 0.25) is 0 Å². The van der Waals surface area contributed by atoms with Gasteiger partial charge < -0.3 is 9.47 Å². The predicted molar refractivity (Wildman–Crippen MR) is 154 cm³/mol. The molecule has 0 bridgehead atoms. The molecule has 0 atom stereocenters. The van der Waals surface area contributed by atoms with E-state index in [1.165, 1.54) is 0 Å². The number of carbonyl (C=O) groups excluding carboxylic acids is 2.